The van der Waals surface area contributed by atoms with Crippen LogP contribution in [0.4, 0.5) is 5.82 Å². The molecule has 3 aromatic rings. The zero-order chi connectivity index (χ0) is 12.5. The van der Waals surface area contributed by atoms with E-state index in [0.717, 1.165) is 17.0 Å². The maximum atomic E-state index is 5.64. The predicted molar refractivity (Wildman–Crippen MR) is 69.4 cm³/mol. The van der Waals surface area contributed by atoms with Crippen LogP contribution in [0.3, 0.4) is 0 Å². The zero-order valence-corrected chi connectivity index (χ0v) is 9.87. The fourth-order valence-corrected chi connectivity index (χ4v) is 1.87. The van der Waals surface area contributed by atoms with Gasteiger partial charge in [0.1, 0.15) is 11.6 Å². The van der Waals surface area contributed by atoms with Gasteiger partial charge in [-0.2, -0.15) is 4.98 Å². The van der Waals surface area contributed by atoms with Crippen LogP contribution >= 0.6 is 0 Å². The van der Waals surface area contributed by atoms with Crippen molar-refractivity contribution < 1.29 is 4.74 Å². The number of nitrogens with zero attached hydrogens (tertiary/aromatic N) is 3. The van der Waals surface area contributed by atoms with E-state index in [-0.39, 0.29) is 0 Å². The maximum Gasteiger partial charge on any atom is 0.236 e. The molecule has 0 unspecified atom stereocenters. The quantitative estimate of drug-likeness (QED) is 0.744. The monoisotopic (exact) mass is 240 g/mol. The molecule has 0 amide bonds. The first-order chi connectivity index (χ1) is 8.78. The normalized spacial score (nSPS) is 10.7. The highest BCUT2D eigenvalue weighted by Crippen LogP contribution is 2.28. The molecule has 0 radical (unpaired) electrons. The summed E-state index contributed by atoms with van der Waals surface area (Å²) in [5, 5.41) is 0. The molecule has 2 N–H and O–H groups in total. The smallest absolute Gasteiger partial charge is 0.236 e. The van der Waals surface area contributed by atoms with E-state index in [1.54, 1.807) is 13.2 Å². The molecular formula is C13H12N4O. The van der Waals surface area contributed by atoms with Gasteiger partial charge in [-0.1, -0.05) is 12.1 Å². The molecule has 0 aliphatic carbocycles. The van der Waals surface area contributed by atoms with Crippen LogP contribution in [-0.4, -0.2) is 21.5 Å². The summed E-state index contributed by atoms with van der Waals surface area (Å²) in [4.78, 5) is 8.61. The van der Waals surface area contributed by atoms with E-state index in [0.29, 0.717) is 11.6 Å². The van der Waals surface area contributed by atoms with Crippen LogP contribution in [0, 0.1) is 0 Å². The number of methoxy groups -OCH3 is 1. The van der Waals surface area contributed by atoms with Crippen LogP contribution in [0.25, 0.3) is 17.0 Å². The second-order valence-electron chi connectivity index (χ2n) is 3.89. The molecule has 0 saturated carbocycles. The van der Waals surface area contributed by atoms with Gasteiger partial charge >= 0.3 is 0 Å². The molecule has 0 aliphatic heterocycles. The summed E-state index contributed by atoms with van der Waals surface area (Å²) in [5.74, 6) is 1.82. The average Bonchev–Trinajstić information content (AvgIpc) is 2.81. The van der Waals surface area contributed by atoms with Gasteiger partial charge in [0.25, 0.3) is 0 Å². The highest BCUT2D eigenvalue weighted by atomic mass is 16.5. The molecule has 0 saturated heterocycles. The fraction of sp³-hybridized carbons (Fsp3) is 0.0769. The number of hydrogen-bond acceptors (Lipinski definition) is 4. The molecule has 2 aromatic heterocycles. The maximum absolute atomic E-state index is 5.64. The highest BCUT2D eigenvalue weighted by molar-refractivity contribution is 5.68. The van der Waals surface area contributed by atoms with Gasteiger partial charge in [-0.3, -0.25) is 4.40 Å². The van der Waals surface area contributed by atoms with Gasteiger partial charge in [-0.25, -0.2) is 4.98 Å². The molecule has 0 fully saturated rings. The number of nitrogen functional groups attached to an aromatic ring is 1. The van der Waals surface area contributed by atoms with Gasteiger partial charge in [-0.15, -0.1) is 0 Å². The number of benzene rings is 1. The molecule has 0 aliphatic rings. The van der Waals surface area contributed by atoms with Crippen LogP contribution in [-0.2, 0) is 0 Å². The summed E-state index contributed by atoms with van der Waals surface area (Å²) in [5.41, 5.74) is 7.38. The molecule has 1 aromatic carbocycles. The van der Waals surface area contributed by atoms with Crippen molar-refractivity contribution in [2.24, 2.45) is 0 Å². The number of ether oxygens (including phenoxy) is 1. The first-order valence-corrected chi connectivity index (χ1v) is 5.52. The Hall–Kier alpha value is -2.56. The lowest BCUT2D eigenvalue weighted by Gasteiger charge is -2.04. The molecule has 0 atom stereocenters. The Bertz CT molecular complexity index is 705. The number of para-hydroxylation sites is 1. The molecule has 0 bridgehead atoms. The number of rotatable bonds is 2. The van der Waals surface area contributed by atoms with Crippen molar-refractivity contribution in [1.29, 1.82) is 0 Å². The van der Waals surface area contributed by atoms with Gasteiger partial charge in [0.2, 0.25) is 5.78 Å². The third kappa shape index (κ3) is 1.66. The van der Waals surface area contributed by atoms with Crippen molar-refractivity contribution in [1.82, 2.24) is 14.4 Å². The van der Waals surface area contributed by atoms with Crippen molar-refractivity contribution in [2.75, 3.05) is 12.8 Å². The van der Waals surface area contributed by atoms with E-state index in [1.165, 1.54) is 0 Å². The third-order valence-electron chi connectivity index (χ3n) is 2.73. The van der Waals surface area contributed by atoms with E-state index < -0.39 is 0 Å². The number of hydrogen-bond donors (Lipinski definition) is 1. The second-order valence-corrected chi connectivity index (χ2v) is 3.89. The van der Waals surface area contributed by atoms with Crippen LogP contribution < -0.4 is 10.5 Å². The molecule has 18 heavy (non-hydrogen) atoms. The number of imidazole rings is 1. The largest absolute Gasteiger partial charge is 0.496 e. The SMILES string of the molecule is COc1ccccc1-c1cn2ccc(N)nc2n1. The molecule has 5 heteroatoms. The molecular weight excluding hydrogens is 228 g/mol. The van der Waals surface area contributed by atoms with Crippen molar-refractivity contribution in [3.05, 3.63) is 42.7 Å². The summed E-state index contributed by atoms with van der Waals surface area (Å²) in [6.45, 7) is 0. The van der Waals surface area contributed by atoms with E-state index in [2.05, 4.69) is 9.97 Å². The van der Waals surface area contributed by atoms with Crippen molar-refractivity contribution >= 4 is 11.6 Å². The van der Waals surface area contributed by atoms with Crippen molar-refractivity contribution in [3.8, 4) is 17.0 Å². The predicted octanol–water partition coefficient (Wildman–Crippen LogP) is 1.99. The van der Waals surface area contributed by atoms with Gasteiger partial charge in [0.05, 0.1) is 12.8 Å². The van der Waals surface area contributed by atoms with Crippen LogP contribution in [0.15, 0.2) is 42.7 Å². The minimum atomic E-state index is 0.458. The highest BCUT2D eigenvalue weighted by Gasteiger charge is 2.09. The Labute approximate surface area is 104 Å². The lowest BCUT2D eigenvalue weighted by atomic mass is 10.1. The summed E-state index contributed by atoms with van der Waals surface area (Å²) in [6, 6.07) is 9.48. The summed E-state index contributed by atoms with van der Waals surface area (Å²) < 4.78 is 7.16. The standard InChI is InChI=1S/C13H12N4O/c1-18-11-5-3-2-4-9(11)10-8-17-7-6-12(14)16-13(17)15-10/h2-8H,1H3,(H2,14,15,16). The first kappa shape index (κ1) is 10.6. The van der Waals surface area contributed by atoms with Gasteiger partial charge in [0.15, 0.2) is 0 Å². The van der Waals surface area contributed by atoms with E-state index in [9.17, 15) is 0 Å². The first-order valence-electron chi connectivity index (χ1n) is 5.52. The Balaban J connectivity index is 2.19. The summed E-state index contributed by atoms with van der Waals surface area (Å²) in [6.07, 6.45) is 3.74. The van der Waals surface area contributed by atoms with Gasteiger partial charge in [-0.05, 0) is 18.2 Å². The van der Waals surface area contributed by atoms with Crippen LogP contribution in [0.1, 0.15) is 0 Å². The Morgan fingerprint density at radius 1 is 1.17 bits per heavy atom. The Kier molecular flexibility index (Phi) is 2.37. The minimum Gasteiger partial charge on any atom is -0.496 e. The lowest BCUT2D eigenvalue weighted by Crippen LogP contribution is -1.93. The number of fused-ring (bicyclic) bond motifs is 1. The summed E-state index contributed by atoms with van der Waals surface area (Å²) >= 11 is 0. The van der Waals surface area contributed by atoms with Gasteiger partial charge < -0.3 is 10.5 Å². The fourth-order valence-electron chi connectivity index (χ4n) is 1.87. The van der Waals surface area contributed by atoms with Crippen molar-refractivity contribution in [3.63, 3.8) is 0 Å². The van der Waals surface area contributed by atoms with Gasteiger partial charge in [0, 0.05) is 18.0 Å². The lowest BCUT2D eigenvalue weighted by molar-refractivity contribution is 0.416. The molecule has 3 rings (SSSR count). The summed E-state index contributed by atoms with van der Waals surface area (Å²) in [7, 11) is 1.64. The van der Waals surface area contributed by atoms with E-state index in [1.807, 2.05) is 41.1 Å². The Morgan fingerprint density at radius 3 is 2.83 bits per heavy atom. The second kappa shape index (κ2) is 4.03. The van der Waals surface area contributed by atoms with Crippen LogP contribution in [0.5, 0.6) is 5.75 Å². The topological polar surface area (TPSA) is 65.4 Å². The number of anilines is 1. The van der Waals surface area contributed by atoms with Crippen molar-refractivity contribution in [2.45, 2.75) is 0 Å². The average molecular weight is 240 g/mol. The number of nitrogens with two attached hydrogens (primary N) is 1. The van der Waals surface area contributed by atoms with Crippen LogP contribution in [0.2, 0.25) is 0 Å². The third-order valence-corrected chi connectivity index (χ3v) is 2.73. The molecule has 2 heterocycles. The molecule has 90 valence electrons. The molecule has 5 nitrogen and oxygen atoms in total. The zero-order valence-electron chi connectivity index (χ0n) is 9.87. The number of aromatic nitrogens is 3. The van der Waals surface area contributed by atoms with E-state index >= 15 is 0 Å². The minimum absolute atomic E-state index is 0.458. The Morgan fingerprint density at radius 2 is 2.00 bits per heavy atom. The van der Waals surface area contributed by atoms with E-state index in [4.69, 9.17) is 10.5 Å². The molecule has 0 spiro atoms.